The van der Waals surface area contributed by atoms with Gasteiger partial charge in [-0.1, -0.05) is 11.6 Å². The molecule has 1 aromatic rings. The van der Waals surface area contributed by atoms with Crippen LogP contribution in [0.4, 0.5) is 0 Å². The Morgan fingerprint density at radius 1 is 1.50 bits per heavy atom. The lowest BCUT2D eigenvalue weighted by molar-refractivity contribution is -0.139. The van der Waals surface area contributed by atoms with Crippen LogP contribution < -0.4 is 0 Å². The highest BCUT2D eigenvalue weighted by Crippen LogP contribution is 2.25. The molecular weight excluding hydrogens is 246 g/mol. The van der Waals surface area contributed by atoms with Gasteiger partial charge < -0.3 is 5.11 Å². The van der Waals surface area contributed by atoms with Crippen molar-refractivity contribution in [1.29, 1.82) is 0 Å². The second-order valence-corrected chi connectivity index (χ2v) is 6.43. The fourth-order valence-electron chi connectivity index (χ4n) is 1.32. The Hall–Kier alpha value is -0.580. The van der Waals surface area contributed by atoms with Crippen molar-refractivity contribution >= 4 is 28.9 Å². The van der Waals surface area contributed by atoms with Gasteiger partial charge in [-0.3, -0.25) is 9.69 Å². The Morgan fingerprint density at radius 3 is 2.50 bits per heavy atom. The van der Waals surface area contributed by atoms with E-state index in [9.17, 15) is 4.79 Å². The summed E-state index contributed by atoms with van der Waals surface area (Å²) in [4.78, 5) is 13.8. The monoisotopic (exact) mass is 261 g/mol. The van der Waals surface area contributed by atoms with Gasteiger partial charge >= 0.3 is 5.97 Å². The van der Waals surface area contributed by atoms with Gasteiger partial charge in [-0.2, -0.15) is 0 Å². The Labute approximate surface area is 105 Å². The van der Waals surface area contributed by atoms with Gasteiger partial charge in [0.25, 0.3) is 0 Å². The standard InChI is InChI=1S/C11H16ClNO2S/c1-11(2,3)13(7-10(14)15)6-8-4-5-9(12)16-8/h4-5H,6-7H2,1-3H3,(H,14,15). The van der Waals surface area contributed by atoms with E-state index in [2.05, 4.69) is 0 Å². The van der Waals surface area contributed by atoms with Crippen LogP contribution in [0.2, 0.25) is 4.34 Å². The highest BCUT2D eigenvalue weighted by atomic mass is 35.5. The number of hydrogen-bond donors (Lipinski definition) is 1. The molecule has 1 rings (SSSR count). The molecule has 16 heavy (non-hydrogen) atoms. The molecule has 1 aromatic heterocycles. The number of carboxylic acids is 1. The molecule has 0 aliphatic rings. The Bertz CT molecular complexity index is 370. The predicted octanol–water partition coefficient (Wildman–Crippen LogP) is 3.09. The molecule has 0 amide bonds. The van der Waals surface area contributed by atoms with Gasteiger partial charge in [0.2, 0.25) is 0 Å². The summed E-state index contributed by atoms with van der Waals surface area (Å²) < 4.78 is 0.735. The lowest BCUT2D eigenvalue weighted by Crippen LogP contribution is -2.43. The number of carboxylic acid groups (broad SMARTS) is 1. The molecular formula is C11H16ClNO2S. The van der Waals surface area contributed by atoms with E-state index in [1.54, 1.807) is 0 Å². The molecule has 0 aliphatic carbocycles. The molecule has 0 aliphatic heterocycles. The zero-order valence-electron chi connectivity index (χ0n) is 9.66. The van der Waals surface area contributed by atoms with Gasteiger partial charge in [-0.15, -0.1) is 11.3 Å². The number of rotatable bonds is 4. The third-order valence-corrected chi connectivity index (χ3v) is 3.47. The van der Waals surface area contributed by atoms with Crippen LogP contribution in [0.25, 0.3) is 0 Å². The molecule has 0 atom stereocenters. The second-order valence-electron chi connectivity index (χ2n) is 4.63. The topological polar surface area (TPSA) is 40.5 Å². The highest BCUT2D eigenvalue weighted by molar-refractivity contribution is 7.16. The minimum Gasteiger partial charge on any atom is -0.480 e. The molecule has 1 heterocycles. The van der Waals surface area contributed by atoms with E-state index in [1.807, 2.05) is 37.8 Å². The maximum Gasteiger partial charge on any atom is 0.317 e. The molecule has 90 valence electrons. The van der Waals surface area contributed by atoms with Gasteiger partial charge in [0.1, 0.15) is 0 Å². The fourth-order valence-corrected chi connectivity index (χ4v) is 2.42. The van der Waals surface area contributed by atoms with E-state index in [-0.39, 0.29) is 12.1 Å². The van der Waals surface area contributed by atoms with Crippen LogP contribution in [0.1, 0.15) is 25.6 Å². The molecule has 0 aromatic carbocycles. The first-order valence-corrected chi connectivity index (χ1v) is 6.19. The summed E-state index contributed by atoms with van der Waals surface area (Å²) in [6, 6.07) is 3.77. The number of halogens is 1. The first-order valence-electron chi connectivity index (χ1n) is 5.00. The van der Waals surface area contributed by atoms with E-state index >= 15 is 0 Å². The largest absolute Gasteiger partial charge is 0.480 e. The summed E-state index contributed by atoms with van der Waals surface area (Å²) in [7, 11) is 0. The van der Waals surface area contributed by atoms with Crippen LogP contribution in [0.15, 0.2) is 12.1 Å². The maximum absolute atomic E-state index is 10.8. The summed E-state index contributed by atoms with van der Waals surface area (Å²) in [5.74, 6) is -0.808. The van der Waals surface area contributed by atoms with E-state index in [0.29, 0.717) is 6.54 Å². The van der Waals surface area contributed by atoms with E-state index in [0.717, 1.165) is 9.21 Å². The molecule has 0 fully saturated rings. The molecule has 0 bridgehead atoms. The van der Waals surface area contributed by atoms with Crippen molar-refractivity contribution in [2.75, 3.05) is 6.54 Å². The van der Waals surface area contributed by atoms with E-state index in [1.165, 1.54) is 11.3 Å². The lowest BCUT2D eigenvalue weighted by atomic mass is 10.1. The fraction of sp³-hybridized carbons (Fsp3) is 0.545. The summed E-state index contributed by atoms with van der Waals surface area (Å²) in [6.45, 7) is 6.67. The summed E-state index contributed by atoms with van der Waals surface area (Å²) in [5, 5.41) is 8.87. The first-order chi connectivity index (χ1) is 7.29. The molecule has 0 spiro atoms. The zero-order valence-corrected chi connectivity index (χ0v) is 11.2. The number of thiophene rings is 1. The quantitative estimate of drug-likeness (QED) is 0.906. The van der Waals surface area contributed by atoms with Crippen LogP contribution in [0.5, 0.6) is 0 Å². The average molecular weight is 262 g/mol. The van der Waals surface area contributed by atoms with Crippen LogP contribution >= 0.6 is 22.9 Å². The summed E-state index contributed by atoms with van der Waals surface area (Å²) in [6.07, 6.45) is 0. The molecule has 3 nitrogen and oxygen atoms in total. The normalized spacial score (nSPS) is 12.1. The van der Waals surface area contributed by atoms with Crippen molar-refractivity contribution in [2.45, 2.75) is 32.9 Å². The van der Waals surface area contributed by atoms with Gasteiger partial charge in [0.15, 0.2) is 0 Å². The third kappa shape index (κ3) is 4.12. The zero-order chi connectivity index (χ0) is 12.3. The molecule has 0 saturated heterocycles. The van der Waals surface area contributed by atoms with Crippen molar-refractivity contribution in [3.8, 4) is 0 Å². The Kier molecular flexibility index (Phi) is 4.35. The van der Waals surface area contributed by atoms with Crippen molar-refractivity contribution in [3.05, 3.63) is 21.3 Å². The van der Waals surface area contributed by atoms with E-state index in [4.69, 9.17) is 16.7 Å². The predicted molar refractivity (Wildman–Crippen MR) is 67.1 cm³/mol. The number of hydrogen-bond acceptors (Lipinski definition) is 3. The van der Waals surface area contributed by atoms with Crippen LogP contribution in [-0.4, -0.2) is 28.1 Å². The number of aliphatic carboxylic acids is 1. The van der Waals surface area contributed by atoms with Gasteiger partial charge in [0, 0.05) is 17.0 Å². The van der Waals surface area contributed by atoms with Gasteiger partial charge in [0.05, 0.1) is 10.9 Å². The number of nitrogens with zero attached hydrogens (tertiary/aromatic N) is 1. The smallest absolute Gasteiger partial charge is 0.317 e. The molecule has 0 saturated carbocycles. The highest BCUT2D eigenvalue weighted by Gasteiger charge is 2.23. The van der Waals surface area contributed by atoms with Crippen molar-refractivity contribution < 1.29 is 9.90 Å². The SMILES string of the molecule is CC(C)(C)N(CC(=O)O)Cc1ccc(Cl)s1. The minimum absolute atomic E-state index is 0.0407. The summed E-state index contributed by atoms with van der Waals surface area (Å²) >= 11 is 7.34. The Morgan fingerprint density at radius 2 is 2.12 bits per heavy atom. The maximum atomic E-state index is 10.8. The summed E-state index contributed by atoms with van der Waals surface area (Å²) in [5.41, 5.74) is -0.172. The Balaban J connectivity index is 2.74. The van der Waals surface area contributed by atoms with Crippen LogP contribution in [0.3, 0.4) is 0 Å². The minimum atomic E-state index is -0.808. The molecule has 0 radical (unpaired) electrons. The average Bonchev–Trinajstić information content (AvgIpc) is 2.47. The van der Waals surface area contributed by atoms with Crippen LogP contribution in [-0.2, 0) is 11.3 Å². The van der Waals surface area contributed by atoms with Crippen molar-refractivity contribution in [2.24, 2.45) is 0 Å². The third-order valence-electron chi connectivity index (χ3n) is 2.25. The van der Waals surface area contributed by atoms with Gasteiger partial charge in [-0.05, 0) is 32.9 Å². The lowest BCUT2D eigenvalue weighted by Gasteiger charge is -2.33. The molecule has 0 unspecified atom stereocenters. The molecule has 5 heteroatoms. The second kappa shape index (κ2) is 5.17. The van der Waals surface area contributed by atoms with Gasteiger partial charge in [-0.25, -0.2) is 0 Å². The van der Waals surface area contributed by atoms with Crippen molar-refractivity contribution in [3.63, 3.8) is 0 Å². The first kappa shape index (κ1) is 13.5. The van der Waals surface area contributed by atoms with Crippen LogP contribution in [0, 0.1) is 0 Å². The van der Waals surface area contributed by atoms with Crippen molar-refractivity contribution in [1.82, 2.24) is 4.90 Å². The molecule has 1 N–H and O–H groups in total. The number of carbonyl (C=O) groups is 1. The van der Waals surface area contributed by atoms with E-state index < -0.39 is 5.97 Å².